The molecular weight excluding hydrogens is 1550 g/mol. The lowest BCUT2D eigenvalue weighted by Crippen LogP contribution is -2.62. The number of carbonyl (C=O) groups excluding carboxylic acids is 9. The van der Waals surface area contributed by atoms with E-state index in [2.05, 4.69) is 68.1 Å². The number of nitrogens with one attached hydrogen (secondary N) is 3. The molecule has 26 nitrogen and oxygen atoms in total. The lowest BCUT2D eigenvalue weighted by atomic mass is 9.92. The molecule has 0 saturated carbocycles. The quantitative estimate of drug-likeness (QED) is 0.0181. The van der Waals surface area contributed by atoms with Gasteiger partial charge in [-0.1, -0.05) is 66.0 Å². The van der Waals surface area contributed by atoms with E-state index in [1.165, 1.54) is 81.8 Å². The molecule has 6 amide bonds. The van der Waals surface area contributed by atoms with Gasteiger partial charge in [-0.25, -0.2) is 0 Å². The van der Waals surface area contributed by atoms with Crippen LogP contribution in [0.3, 0.4) is 0 Å². The molecular formula is C85H101IN6O20. The molecule has 0 aliphatic carbocycles. The van der Waals surface area contributed by atoms with Gasteiger partial charge in [-0.05, 0) is 229 Å². The zero-order valence-corrected chi connectivity index (χ0v) is 67.1. The summed E-state index contributed by atoms with van der Waals surface area (Å²) in [5, 5.41) is 74.0. The number of aliphatic hydroxyl groups excluding tert-OH is 7. The molecule has 0 radical (unpaired) electrons. The molecule has 6 aromatic rings. The van der Waals surface area contributed by atoms with E-state index in [1.54, 1.807) is 153 Å². The number of terminal acetylenes is 1. The van der Waals surface area contributed by atoms with E-state index in [1.807, 2.05) is 0 Å². The van der Waals surface area contributed by atoms with Gasteiger partial charge < -0.3 is 85.3 Å². The number of aliphatic hydroxyl groups is 7. The molecule has 27 heteroatoms. The summed E-state index contributed by atoms with van der Waals surface area (Å²) in [5.41, 5.74) is 0.966. The van der Waals surface area contributed by atoms with Gasteiger partial charge in [0.25, 0.3) is 35.4 Å². The first-order chi connectivity index (χ1) is 53.1. The van der Waals surface area contributed by atoms with Crippen molar-refractivity contribution in [3.05, 3.63) is 210 Å². The standard InChI is InChI=1S/C30H36N2O7.C25H28N2O6.C19H25IN2O5.C11H12O2/c1-20(33)27(35)23-14-10-21(11-15-23)8-9-22-12-16-24(17-13-22)28(36)32(4)30(2,29(37)31-3)25(34)19-39-26-7-5-6-18-38-26;1-16(29)22(31)19-11-7-17(8-12-19)5-6-18-9-13-20(14-10-18)23(32)27(4)25(2,21(30)15-28)24(33)26-3;1-19(18(25)21-2,15(23)12-27-16-6-4-5-11-26-16)22(3)17(24)13-7-9-14(20)10-8-13;1-3-9-4-6-10(7-5-9)11(13)8(2)12/h10-17,20,26-27,33,35H,5-7,18-19H2,1-4H3,(H,31,37);7-14,16,22,28-29,31H,15H2,1-4H3,(H,26,33);7-10,16H,4-6,11-12H2,1-3H3,(H,21,25);1,4-8,11-13H,2H3/t20-,26?,27+,30+;16-,22+,25+;16?,19-;8-,11+/m0010/s1. The van der Waals surface area contributed by atoms with Crippen LogP contribution in [-0.4, -0.2) is 226 Å². The lowest BCUT2D eigenvalue weighted by molar-refractivity contribution is -0.174. The number of hydrogen-bond acceptors (Lipinski definition) is 20. The van der Waals surface area contributed by atoms with E-state index in [4.69, 9.17) is 30.5 Å². The summed E-state index contributed by atoms with van der Waals surface area (Å²) < 4.78 is 23.1. The molecule has 112 heavy (non-hydrogen) atoms. The molecule has 0 bridgehead atoms. The Morgan fingerprint density at radius 1 is 0.446 bits per heavy atom. The van der Waals surface area contributed by atoms with Crippen LogP contribution in [0.15, 0.2) is 146 Å². The maximum absolute atomic E-state index is 13.3. The van der Waals surface area contributed by atoms with E-state index in [9.17, 15) is 73.8 Å². The van der Waals surface area contributed by atoms with Gasteiger partial charge in [0.15, 0.2) is 46.5 Å². The van der Waals surface area contributed by atoms with Crippen LogP contribution in [0.1, 0.15) is 174 Å². The van der Waals surface area contributed by atoms with Crippen LogP contribution < -0.4 is 16.0 Å². The van der Waals surface area contributed by atoms with E-state index < -0.39 is 125 Å². The highest BCUT2D eigenvalue weighted by Crippen LogP contribution is 2.27. The smallest absolute Gasteiger partial charge is 0.254 e. The molecule has 6 aromatic carbocycles. The summed E-state index contributed by atoms with van der Waals surface area (Å²) in [6.07, 6.45) is 4.13. The van der Waals surface area contributed by atoms with E-state index in [0.717, 1.165) is 50.2 Å². The second kappa shape index (κ2) is 44.4. The number of carbonyl (C=O) groups is 9. The van der Waals surface area contributed by atoms with Gasteiger partial charge in [0, 0.05) is 104 Å². The Morgan fingerprint density at radius 3 is 0.946 bits per heavy atom. The van der Waals surface area contributed by atoms with Crippen LogP contribution >= 0.6 is 22.6 Å². The summed E-state index contributed by atoms with van der Waals surface area (Å²) in [5.74, 6) is 9.25. The number of hydrogen-bond donors (Lipinski definition) is 10. The third-order valence-corrected chi connectivity index (χ3v) is 19.9. The van der Waals surface area contributed by atoms with Gasteiger partial charge in [-0.3, -0.25) is 43.2 Å². The molecule has 2 saturated heterocycles. The number of amides is 6. The van der Waals surface area contributed by atoms with Gasteiger partial charge >= 0.3 is 0 Å². The minimum Gasteiger partial charge on any atom is -0.390 e. The average Bonchev–Trinajstić information content (AvgIpc) is 0.790. The molecule has 11 atom stereocenters. The average molecular weight is 1650 g/mol. The zero-order valence-electron chi connectivity index (χ0n) is 65.0. The van der Waals surface area contributed by atoms with Crippen LogP contribution in [0.25, 0.3) is 0 Å². The van der Waals surface area contributed by atoms with Crippen molar-refractivity contribution in [1.82, 2.24) is 30.7 Å². The van der Waals surface area contributed by atoms with E-state index in [0.29, 0.717) is 70.6 Å². The fourth-order valence-corrected chi connectivity index (χ4v) is 11.5. The van der Waals surface area contributed by atoms with Crippen molar-refractivity contribution in [3.63, 3.8) is 0 Å². The molecule has 0 aromatic heterocycles. The van der Waals surface area contributed by atoms with Crippen molar-refractivity contribution >= 4 is 75.4 Å². The number of benzene rings is 6. The van der Waals surface area contributed by atoms with Crippen LogP contribution in [-0.2, 0) is 47.7 Å². The van der Waals surface area contributed by atoms with Crippen molar-refractivity contribution in [2.75, 3.05) is 75.3 Å². The number of halogens is 1. The summed E-state index contributed by atoms with van der Waals surface area (Å²) in [6, 6.07) is 40.5. The molecule has 2 aliphatic rings. The number of likely N-dealkylation sites (N-methyl/N-ethyl adjacent to an activating group) is 6. The predicted octanol–water partition coefficient (Wildman–Crippen LogP) is 5.89. The van der Waals surface area contributed by atoms with Crippen molar-refractivity contribution in [2.45, 2.75) is 146 Å². The summed E-state index contributed by atoms with van der Waals surface area (Å²) in [7, 11) is 8.38. The van der Waals surface area contributed by atoms with Gasteiger partial charge in [-0.15, -0.1) is 6.42 Å². The Labute approximate surface area is 667 Å². The number of Topliss-reactive ketones (excluding diaryl/α,β-unsaturated/α-hetero) is 3. The van der Waals surface area contributed by atoms with Crippen LogP contribution in [0, 0.1) is 39.6 Å². The highest BCUT2D eigenvalue weighted by molar-refractivity contribution is 14.1. The third-order valence-electron chi connectivity index (χ3n) is 19.1. The number of ether oxygens (including phenoxy) is 4. The van der Waals surface area contributed by atoms with E-state index in [-0.39, 0.29) is 18.8 Å². The molecule has 10 N–H and O–H groups in total. The second-order valence-corrected chi connectivity index (χ2v) is 28.2. The Kier molecular flexibility index (Phi) is 36.7. The van der Waals surface area contributed by atoms with Crippen LogP contribution in [0.4, 0.5) is 0 Å². The Morgan fingerprint density at radius 2 is 0.705 bits per heavy atom. The molecule has 2 heterocycles. The van der Waals surface area contributed by atoms with Gasteiger partial charge in [0.05, 0.1) is 18.3 Å². The Hall–Kier alpha value is -9.88. The fourth-order valence-electron chi connectivity index (χ4n) is 11.2. The minimum atomic E-state index is -1.85. The first-order valence-corrected chi connectivity index (χ1v) is 37.2. The zero-order chi connectivity index (χ0) is 83.2. The molecule has 2 fully saturated rings. The van der Waals surface area contributed by atoms with Crippen molar-refractivity contribution < 1.29 is 97.8 Å². The van der Waals surface area contributed by atoms with Crippen molar-refractivity contribution in [2.24, 2.45) is 0 Å². The first-order valence-electron chi connectivity index (χ1n) is 36.1. The molecule has 0 spiro atoms. The van der Waals surface area contributed by atoms with E-state index >= 15 is 0 Å². The Balaban J connectivity index is 0.000000281. The lowest BCUT2D eigenvalue weighted by Gasteiger charge is -2.36. The van der Waals surface area contributed by atoms with Crippen LogP contribution in [0.2, 0.25) is 0 Å². The summed E-state index contributed by atoms with van der Waals surface area (Å²) in [4.78, 5) is 118. The fraction of sp³-hybridized carbons (Fsp3) is 0.400. The summed E-state index contributed by atoms with van der Waals surface area (Å²) in [6.45, 7) is 8.30. The monoisotopic (exact) mass is 1650 g/mol. The normalized spacial score (nSPS) is 16.7. The summed E-state index contributed by atoms with van der Waals surface area (Å²) >= 11 is 2.14. The Bertz CT molecular complexity index is 4310. The van der Waals surface area contributed by atoms with Gasteiger partial charge in [0.1, 0.15) is 38.1 Å². The molecule has 2 unspecified atom stereocenters. The topological polar surface area (TPSA) is 378 Å². The number of rotatable bonds is 25. The maximum Gasteiger partial charge on any atom is 0.254 e. The largest absolute Gasteiger partial charge is 0.390 e. The molecule has 8 rings (SSSR count). The number of ketones is 3. The van der Waals surface area contributed by atoms with Gasteiger partial charge in [0.2, 0.25) is 0 Å². The second-order valence-electron chi connectivity index (χ2n) is 26.9. The van der Waals surface area contributed by atoms with Crippen LogP contribution in [0.5, 0.6) is 0 Å². The maximum atomic E-state index is 13.3. The highest BCUT2D eigenvalue weighted by Gasteiger charge is 2.49. The number of nitrogens with zero attached hydrogens (tertiary/aromatic N) is 3. The SMILES string of the molecule is C#Cc1ccc([C@H](O)[C@H](C)O)cc1.CNC(=O)[C@@](C)(C(=O)CO)N(C)C(=O)c1ccc(C#Cc2ccc([C@H](O)[C@H](C)O)cc2)cc1.CNC(=O)[C@@](C)(C(=O)COC1CCCCO1)N(C)C(=O)c1ccc(C#Cc2ccc([C@H](O)[C@H](C)O)cc2)cc1.CNC(=O)[C@@](C)(C(=O)COC1CCCCO1)N(C)C(=O)c1ccc(I)cc1. The van der Waals surface area contributed by atoms with Gasteiger partial charge in [-0.2, -0.15) is 0 Å². The highest BCUT2D eigenvalue weighted by atomic mass is 127. The predicted molar refractivity (Wildman–Crippen MR) is 426 cm³/mol. The molecule has 2 aliphatic heterocycles. The minimum absolute atomic E-state index is 0.250. The van der Waals surface area contributed by atoms with Crippen molar-refractivity contribution in [3.8, 4) is 36.0 Å². The molecule has 598 valence electrons. The third kappa shape index (κ3) is 25.1. The first kappa shape index (κ1) is 92.7. The van der Waals surface area contributed by atoms with Crippen molar-refractivity contribution in [1.29, 1.82) is 0 Å².